The Balaban J connectivity index is 1.40. The zero-order chi connectivity index (χ0) is 23.0. The summed E-state index contributed by atoms with van der Waals surface area (Å²) in [4.78, 5) is 4.80. The molecule has 0 unspecified atom stereocenters. The average molecular weight is 441 g/mol. The molecular formula is C26H30N7+. The van der Waals surface area contributed by atoms with E-state index in [-0.39, 0.29) is 0 Å². The summed E-state index contributed by atoms with van der Waals surface area (Å²) >= 11 is 0. The Labute approximate surface area is 194 Å². The number of benzene rings is 2. The highest BCUT2D eigenvalue weighted by atomic mass is 15.1. The Morgan fingerprint density at radius 3 is 2.52 bits per heavy atom. The van der Waals surface area contributed by atoms with E-state index in [0.29, 0.717) is 18.0 Å². The molecule has 4 rings (SSSR count). The van der Waals surface area contributed by atoms with Crippen LogP contribution in [0.4, 0.5) is 17.1 Å². The van der Waals surface area contributed by atoms with Crippen LogP contribution in [0.15, 0.2) is 102 Å². The fourth-order valence-electron chi connectivity index (χ4n) is 3.60. The van der Waals surface area contributed by atoms with Crippen molar-refractivity contribution in [2.24, 2.45) is 17.8 Å². The smallest absolute Gasteiger partial charge is 0.243 e. The minimum absolute atomic E-state index is 0.329. The zero-order valence-corrected chi connectivity index (χ0v) is 18.8. The van der Waals surface area contributed by atoms with Crippen molar-refractivity contribution in [1.29, 1.82) is 5.41 Å². The zero-order valence-electron chi connectivity index (χ0n) is 18.8. The van der Waals surface area contributed by atoms with Crippen LogP contribution in [0, 0.1) is 5.41 Å². The number of aliphatic imine (C=N–C) groups is 1. The monoisotopic (exact) mass is 440 g/mol. The molecule has 1 aliphatic rings. The molecular weight excluding hydrogens is 410 g/mol. The molecule has 33 heavy (non-hydrogen) atoms. The molecule has 0 bridgehead atoms. The van der Waals surface area contributed by atoms with Gasteiger partial charge in [-0.05, 0) is 54.1 Å². The van der Waals surface area contributed by atoms with E-state index in [9.17, 15) is 0 Å². The van der Waals surface area contributed by atoms with Crippen LogP contribution in [0.5, 0.6) is 0 Å². The Hall–Kier alpha value is -3.97. The second-order valence-electron chi connectivity index (χ2n) is 7.98. The van der Waals surface area contributed by atoms with E-state index in [1.54, 1.807) is 6.08 Å². The number of aromatic nitrogens is 2. The molecule has 0 spiro atoms. The van der Waals surface area contributed by atoms with Gasteiger partial charge in [-0.1, -0.05) is 18.2 Å². The number of nitrogens with zero attached hydrogens (tertiary/aromatic N) is 3. The van der Waals surface area contributed by atoms with Gasteiger partial charge in [-0.2, -0.15) is 0 Å². The summed E-state index contributed by atoms with van der Waals surface area (Å²) in [6.07, 6.45) is 10.9. The SMILES string of the molecule is C[n+]1ccn(CCCNc2ccc(/N=C3/C=C(Nc4ccccc4)C(=N)C=C3CN)cc2)c1. The molecule has 1 aromatic heterocycles. The summed E-state index contributed by atoms with van der Waals surface area (Å²) in [6.45, 7) is 2.21. The molecule has 7 nitrogen and oxygen atoms in total. The van der Waals surface area contributed by atoms with Gasteiger partial charge in [0.25, 0.3) is 0 Å². The highest BCUT2D eigenvalue weighted by Gasteiger charge is 2.16. The first kappa shape index (κ1) is 22.2. The van der Waals surface area contributed by atoms with Gasteiger partial charge in [-0.3, -0.25) is 5.41 Å². The molecule has 1 heterocycles. The van der Waals surface area contributed by atoms with Gasteiger partial charge in [0.05, 0.1) is 36.4 Å². The van der Waals surface area contributed by atoms with Crippen LogP contribution in [0.25, 0.3) is 0 Å². The van der Waals surface area contributed by atoms with Crippen LogP contribution < -0.4 is 20.9 Å². The van der Waals surface area contributed by atoms with E-state index in [2.05, 4.69) is 27.7 Å². The molecule has 0 atom stereocenters. The van der Waals surface area contributed by atoms with Crippen LogP contribution in [0.1, 0.15) is 6.42 Å². The van der Waals surface area contributed by atoms with Crippen LogP contribution in [0.2, 0.25) is 0 Å². The van der Waals surface area contributed by atoms with Crippen molar-refractivity contribution in [2.75, 3.05) is 23.7 Å². The van der Waals surface area contributed by atoms with Crippen LogP contribution in [-0.2, 0) is 13.6 Å². The van der Waals surface area contributed by atoms with Crippen molar-refractivity contribution in [3.8, 4) is 0 Å². The normalized spacial score (nSPS) is 14.7. The number of allylic oxidation sites excluding steroid dienone is 2. The number of para-hydroxylation sites is 1. The molecule has 0 saturated carbocycles. The number of hydrogen-bond acceptors (Lipinski definition) is 5. The number of imidazole rings is 1. The maximum atomic E-state index is 8.33. The van der Waals surface area contributed by atoms with E-state index >= 15 is 0 Å². The summed E-state index contributed by atoms with van der Waals surface area (Å²) in [6, 6.07) is 17.9. The summed E-state index contributed by atoms with van der Waals surface area (Å²) < 4.78 is 4.23. The summed E-state index contributed by atoms with van der Waals surface area (Å²) in [7, 11) is 2.03. The number of rotatable bonds is 9. The number of aryl methyl sites for hydroxylation is 2. The Bertz CT molecular complexity index is 1180. The topological polar surface area (TPSA) is 95.1 Å². The molecule has 5 N–H and O–H groups in total. The van der Waals surface area contributed by atoms with Crippen molar-refractivity contribution < 1.29 is 4.57 Å². The summed E-state index contributed by atoms with van der Waals surface area (Å²) in [5.74, 6) is 0. The quantitative estimate of drug-likeness (QED) is 0.232. The second-order valence-corrected chi connectivity index (χ2v) is 7.98. The maximum Gasteiger partial charge on any atom is 0.243 e. The number of anilines is 2. The molecule has 0 amide bonds. The lowest BCUT2D eigenvalue weighted by molar-refractivity contribution is -0.671. The van der Waals surface area contributed by atoms with Crippen molar-refractivity contribution in [3.63, 3.8) is 0 Å². The molecule has 0 saturated heterocycles. The fraction of sp³-hybridized carbons (Fsp3) is 0.192. The van der Waals surface area contributed by atoms with Gasteiger partial charge in [0.2, 0.25) is 6.33 Å². The standard InChI is InChI=1S/C26H30N7/c1-32-14-15-33(19-32)13-5-12-29-21-8-10-23(11-9-21)30-25-17-26(24(28)16-20(25)18-27)31-22-6-3-2-4-7-22/h2-4,6-11,14-17,19,28-29,31H,5,12-13,18,27H2,1H3/q+1/b28-24?,30-25-. The molecule has 7 heteroatoms. The van der Waals surface area contributed by atoms with Gasteiger partial charge in [0, 0.05) is 30.9 Å². The third kappa shape index (κ3) is 6.05. The van der Waals surface area contributed by atoms with Gasteiger partial charge >= 0.3 is 0 Å². The van der Waals surface area contributed by atoms with Gasteiger partial charge in [0.15, 0.2) is 0 Å². The van der Waals surface area contributed by atoms with Crippen molar-refractivity contribution in [3.05, 3.63) is 96.7 Å². The first-order chi connectivity index (χ1) is 16.1. The predicted molar refractivity (Wildman–Crippen MR) is 135 cm³/mol. The summed E-state index contributed by atoms with van der Waals surface area (Å²) in [5.41, 5.74) is 11.5. The largest absolute Gasteiger partial charge is 0.385 e. The molecule has 0 fully saturated rings. The molecule has 168 valence electrons. The summed E-state index contributed by atoms with van der Waals surface area (Å²) in [5, 5.41) is 15.1. The van der Waals surface area contributed by atoms with Crippen LogP contribution >= 0.6 is 0 Å². The van der Waals surface area contributed by atoms with Crippen molar-refractivity contribution >= 4 is 28.5 Å². The minimum Gasteiger partial charge on any atom is -0.385 e. The highest BCUT2D eigenvalue weighted by molar-refractivity contribution is 6.24. The first-order valence-corrected chi connectivity index (χ1v) is 11.1. The lowest BCUT2D eigenvalue weighted by Gasteiger charge is -2.18. The lowest BCUT2D eigenvalue weighted by Crippen LogP contribution is -2.23. The van der Waals surface area contributed by atoms with Crippen molar-refractivity contribution in [2.45, 2.75) is 13.0 Å². The van der Waals surface area contributed by atoms with Crippen molar-refractivity contribution in [1.82, 2.24) is 4.57 Å². The van der Waals surface area contributed by atoms with E-state index in [1.807, 2.05) is 78.5 Å². The van der Waals surface area contributed by atoms with E-state index in [0.717, 1.165) is 47.9 Å². The molecule has 0 aliphatic heterocycles. The lowest BCUT2D eigenvalue weighted by atomic mass is 9.99. The number of hydrogen-bond donors (Lipinski definition) is 4. The minimum atomic E-state index is 0.329. The number of nitrogens with two attached hydrogens (primary N) is 1. The van der Waals surface area contributed by atoms with E-state index in [4.69, 9.17) is 16.1 Å². The van der Waals surface area contributed by atoms with Gasteiger partial charge in [0.1, 0.15) is 12.4 Å². The molecule has 2 aromatic carbocycles. The first-order valence-electron chi connectivity index (χ1n) is 11.1. The fourth-order valence-corrected chi connectivity index (χ4v) is 3.60. The van der Waals surface area contributed by atoms with Crippen LogP contribution in [-0.4, -0.2) is 29.1 Å². The van der Waals surface area contributed by atoms with E-state index in [1.165, 1.54) is 0 Å². The molecule has 3 aromatic rings. The third-order valence-electron chi connectivity index (χ3n) is 5.35. The highest BCUT2D eigenvalue weighted by Crippen LogP contribution is 2.21. The van der Waals surface area contributed by atoms with Gasteiger partial charge in [-0.25, -0.2) is 14.1 Å². The van der Waals surface area contributed by atoms with Crippen LogP contribution in [0.3, 0.4) is 0 Å². The Morgan fingerprint density at radius 1 is 1.03 bits per heavy atom. The van der Waals surface area contributed by atoms with Gasteiger partial charge in [-0.15, -0.1) is 0 Å². The average Bonchev–Trinajstić information content (AvgIpc) is 3.25. The Morgan fingerprint density at radius 2 is 1.82 bits per heavy atom. The predicted octanol–water partition coefficient (Wildman–Crippen LogP) is 3.80. The molecule has 1 aliphatic carbocycles. The van der Waals surface area contributed by atoms with Gasteiger partial charge < -0.3 is 16.4 Å². The maximum absolute atomic E-state index is 8.33. The molecule has 0 radical (unpaired) electrons. The third-order valence-corrected chi connectivity index (χ3v) is 5.35. The Kier molecular flexibility index (Phi) is 7.12. The van der Waals surface area contributed by atoms with E-state index < -0.39 is 0 Å². The second kappa shape index (κ2) is 10.6. The number of nitrogens with one attached hydrogen (secondary N) is 3.